The van der Waals surface area contributed by atoms with Crippen molar-refractivity contribution in [1.29, 1.82) is 0 Å². The number of nitrogens with zero attached hydrogens (tertiary/aromatic N) is 5. The van der Waals surface area contributed by atoms with Crippen LogP contribution in [0.2, 0.25) is 0 Å². The first-order valence-electron chi connectivity index (χ1n) is 16.8. The van der Waals surface area contributed by atoms with Crippen molar-refractivity contribution in [3.05, 3.63) is 47.5 Å². The first-order valence-corrected chi connectivity index (χ1v) is 16.8. The third-order valence-corrected chi connectivity index (χ3v) is 9.27. The lowest BCUT2D eigenvalue weighted by molar-refractivity contribution is -0.141. The number of anilines is 1. The minimum Gasteiger partial charge on any atom is -0.444 e. The highest BCUT2D eigenvalue weighted by molar-refractivity contribution is 6.04. The number of aromatic amines is 1. The SMILES string of the molecule is CC(C)(C)OC(=O)N[C@H]1CCCCC/C=C\C2C[C@@]2(C(=O)Nc2nn[nH]n2)NC(=O)[C@@H]2C[C@@H](OC(=O)N3Cc4ccccc4C3)CN2C1=O. The van der Waals surface area contributed by atoms with Crippen LogP contribution in [0.25, 0.3) is 0 Å². The zero-order chi connectivity index (χ0) is 34.8. The van der Waals surface area contributed by atoms with Crippen LogP contribution < -0.4 is 16.0 Å². The maximum absolute atomic E-state index is 14.3. The molecule has 1 unspecified atom stereocenters. The van der Waals surface area contributed by atoms with Gasteiger partial charge >= 0.3 is 12.2 Å². The summed E-state index contributed by atoms with van der Waals surface area (Å²) >= 11 is 0. The van der Waals surface area contributed by atoms with Crippen molar-refractivity contribution >= 4 is 35.9 Å². The van der Waals surface area contributed by atoms with E-state index in [1.807, 2.05) is 36.4 Å². The molecule has 5 amide bonds. The van der Waals surface area contributed by atoms with Crippen LogP contribution in [0, 0.1) is 5.92 Å². The quantitative estimate of drug-likeness (QED) is 0.349. The summed E-state index contributed by atoms with van der Waals surface area (Å²) in [7, 11) is 0. The van der Waals surface area contributed by atoms with Gasteiger partial charge in [0.05, 0.1) is 6.54 Å². The molecule has 1 aliphatic carbocycles. The minimum atomic E-state index is -1.31. The highest BCUT2D eigenvalue weighted by atomic mass is 16.6. The molecule has 1 saturated carbocycles. The van der Waals surface area contributed by atoms with Crippen LogP contribution in [0.5, 0.6) is 0 Å². The second-order valence-electron chi connectivity index (χ2n) is 14.1. The third kappa shape index (κ3) is 7.84. The molecule has 6 rings (SSSR count). The van der Waals surface area contributed by atoms with E-state index in [1.165, 1.54) is 4.90 Å². The van der Waals surface area contributed by atoms with E-state index < -0.39 is 59.2 Å². The number of benzene rings is 1. The Morgan fingerprint density at radius 3 is 2.51 bits per heavy atom. The molecule has 5 atom stereocenters. The summed E-state index contributed by atoms with van der Waals surface area (Å²) in [5, 5.41) is 21.6. The van der Waals surface area contributed by atoms with Crippen LogP contribution in [0.15, 0.2) is 36.4 Å². The first kappa shape index (κ1) is 33.9. The molecule has 4 aliphatic rings. The smallest absolute Gasteiger partial charge is 0.410 e. The molecule has 16 heteroatoms. The number of alkyl carbamates (subject to hydrolysis) is 1. The molecular formula is C33H43N9O7. The normalized spacial score (nSPS) is 27.7. The van der Waals surface area contributed by atoms with Gasteiger partial charge in [-0.15, -0.1) is 5.10 Å². The van der Waals surface area contributed by atoms with Gasteiger partial charge in [-0.3, -0.25) is 24.6 Å². The van der Waals surface area contributed by atoms with Crippen molar-refractivity contribution in [2.24, 2.45) is 5.92 Å². The van der Waals surface area contributed by atoms with Gasteiger partial charge in [0.15, 0.2) is 0 Å². The average Bonchev–Trinajstić information content (AvgIpc) is 3.47. The second-order valence-corrected chi connectivity index (χ2v) is 14.1. The number of aromatic nitrogens is 4. The Hall–Kier alpha value is -5.02. The number of hydrogen-bond donors (Lipinski definition) is 4. The van der Waals surface area contributed by atoms with Gasteiger partial charge in [0.2, 0.25) is 11.8 Å². The highest BCUT2D eigenvalue weighted by Crippen LogP contribution is 2.46. The minimum absolute atomic E-state index is 0.00626. The summed E-state index contributed by atoms with van der Waals surface area (Å²) in [6, 6.07) is 5.67. The number of carbonyl (C=O) groups is 5. The molecule has 4 N–H and O–H groups in total. The molecule has 1 aromatic carbocycles. The lowest BCUT2D eigenvalue weighted by Crippen LogP contribution is -2.57. The standard InChI is InChI=1S/C33H43N9O7/c1-32(2,3)49-30(46)34-24-14-8-6-4-5-7-13-22-16-33(22,28(45)35-29-37-39-40-38-29)36-26(43)25-15-23(19-42(25)27(24)44)48-31(47)41-17-20-11-9-10-12-21(20)18-41/h7,9-13,22-25H,4-6,8,14-19H2,1-3H3,(H,34,46)(H,36,43)(H2,35,37,38,39,40,45)/b13-7-/t22?,23-,24+,25+,33-/m1/s1. The third-order valence-electron chi connectivity index (χ3n) is 9.27. The van der Waals surface area contributed by atoms with E-state index >= 15 is 0 Å². The fourth-order valence-electron chi connectivity index (χ4n) is 6.72. The van der Waals surface area contributed by atoms with Crippen LogP contribution in [-0.2, 0) is 36.9 Å². The van der Waals surface area contributed by atoms with E-state index in [-0.39, 0.29) is 24.8 Å². The summed E-state index contributed by atoms with van der Waals surface area (Å²) < 4.78 is 11.4. The van der Waals surface area contributed by atoms with Crippen LogP contribution in [0.3, 0.4) is 0 Å². The van der Waals surface area contributed by atoms with Gasteiger partial charge < -0.3 is 25.0 Å². The van der Waals surface area contributed by atoms with Gasteiger partial charge in [0.25, 0.3) is 11.9 Å². The average molecular weight is 678 g/mol. The van der Waals surface area contributed by atoms with Crippen molar-refractivity contribution in [3.63, 3.8) is 0 Å². The number of tetrazole rings is 1. The summed E-state index contributed by atoms with van der Waals surface area (Å²) in [6.45, 7) is 5.90. The topological polar surface area (TPSA) is 201 Å². The highest BCUT2D eigenvalue weighted by Gasteiger charge is 2.61. The molecule has 2 fully saturated rings. The Labute approximate surface area is 283 Å². The van der Waals surface area contributed by atoms with E-state index in [1.54, 1.807) is 25.7 Å². The predicted molar refractivity (Wildman–Crippen MR) is 173 cm³/mol. The summed E-state index contributed by atoms with van der Waals surface area (Å²) in [5.74, 6) is -1.93. The van der Waals surface area contributed by atoms with Crippen molar-refractivity contribution in [3.8, 4) is 0 Å². The van der Waals surface area contributed by atoms with Crippen LogP contribution in [-0.4, -0.2) is 96.2 Å². The Kier molecular flexibility index (Phi) is 9.56. The van der Waals surface area contributed by atoms with Crippen molar-refractivity contribution < 1.29 is 33.4 Å². The van der Waals surface area contributed by atoms with Crippen LogP contribution >= 0.6 is 0 Å². The van der Waals surface area contributed by atoms with Gasteiger partial charge in [-0.1, -0.05) is 54.4 Å². The number of H-pyrrole nitrogens is 1. The van der Waals surface area contributed by atoms with Crippen molar-refractivity contribution in [2.75, 3.05) is 11.9 Å². The number of allylic oxidation sites excluding steroid dienone is 1. The molecule has 4 heterocycles. The molecule has 0 spiro atoms. The lowest BCUT2D eigenvalue weighted by atomic mass is 10.0. The molecule has 1 saturated heterocycles. The number of ether oxygens (including phenoxy) is 2. The Bertz CT molecular complexity index is 1580. The Morgan fingerprint density at radius 1 is 1.06 bits per heavy atom. The van der Waals surface area contributed by atoms with Gasteiger partial charge in [-0.05, 0) is 62.8 Å². The number of hydrogen-bond acceptors (Lipinski definition) is 10. The van der Waals surface area contributed by atoms with E-state index in [9.17, 15) is 24.0 Å². The summed E-state index contributed by atoms with van der Waals surface area (Å²) in [5.41, 5.74) is -0.0443. The number of nitrogens with one attached hydrogen (secondary N) is 4. The maximum Gasteiger partial charge on any atom is 0.410 e. The fraction of sp³-hybridized carbons (Fsp3) is 0.576. The molecule has 2 aromatic rings. The number of rotatable bonds is 4. The second kappa shape index (κ2) is 13.8. The van der Waals surface area contributed by atoms with E-state index in [4.69, 9.17) is 9.47 Å². The number of fused-ring (bicyclic) bond motifs is 3. The Morgan fingerprint density at radius 2 is 1.82 bits per heavy atom. The molecule has 0 bridgehead atoms. The van der Waals surface area contributed by atoms with Gasteiger partial charge in [-0.2, -0.15) is 5.21 Å². The molecule has 16 nitrogen and oxygen atoms in total. The van der Waals surface area contributed by atoms with Gasteiger partial charge in [0, 0.05) is 25.4 Å². The van der Waals surface area contributed by atoms with Gasteiger partial charge in [0.1, 0.15) is 29.3 Å². The summed E-state index contributed by atoms with van der Waals surface area (Å²) in [6.07, 6.45) is 5.47. The zero-order valence-electron chi connectivity index (χ0n) is 27.9. The van der Waals surface area contributed by atoms with Crippen molar-refractivity contribution in [2.45, 2.75) is 108 Å². The molecule has 3 aliphatic heterocycles. The number of amides is 5. The van der Waals surface area contributed by atoms with Crippen LogP contribution in [0.1, 0.15) is 76.8 Å². The van der Waals surface area contributed by atoms with Crippen LogP contribution in [0.4, 0.5) is 15.5 Å². The first-order chi connectivity index (χ1) is 23.4. The molecular weight excluding hydrogens is 634 g/mol. The van der Waals surface area contributed by atoms with E-state index in [0.717, 1.165) is 30.4 Å². The van der Waals surface area contributed by atoms with Gasteiger partial charge in [-0.25, -0.2) is 9.59 Å². The maximum atomic E-state index is 14.3. The molecule has 262 valence electrons. The van der Waals surface area contributed by atoms with E-state index in [2.05, 4.69) is 36.6 Å². The predicted octanol–water partition coefficient (Wildman–Crippen LogP) is 2.55. The fourth-order valence-corrected chi connectivity index (χ4v) is 6.72. The van der Waals surface area contributed by atoms with E-state index in [0.29, 0.717) is 32.4 Å². The monoisotopic (exact) mass is 677 g/mol. The molecule has 0 radical (unpaired) electrons. The molecule has 1 aromatic heterocycles. The Balaban J connectivity index is 1.24. The van der Waals surface area contributed by atoms with Crippen molar-refractivity contribution in [1.82, 2.24) is 41.1 Å². The largest absolute Gasteiger partial charge is 0.444 e. The lowest BCUT2D eigenvalue weighted by Gasteiger charge is -2.30. The number of carbonyl (C=O) groups excluding carboxylic acids is 5. The zero-order valence-corrected chi connectivity index (χ0v) is 27.9. The summed E-state index contributed by atoms with van der Waals surface area (Å²) in [4.78, 5) is 71.1. The molecule has 49 heavy (non-hydrogen) atoms.